The van der Waals surface area contributed by atoms with Gasteiger partial charge in [-0.25, -0.2) is 23.5 Å². The second-order valence-electron chi connectivity index (χ2n) is 28.8. The summed E-state index contributed by atoms with van der Waals surface area (Å²) in [4.78, 5) is 98.2. The molecule has 7 aliphatic rings. The second-order valence-corrected chi connectivity index (χ2v) is 31.4. The number of thioether (sulfide) groups is 2. The molecule has 7 aliphatic heterocycles. The number of anilines is 3. The molecule has 0 aliphatic carbocycles. The first-order chi connectivity index (χ1) is 45.6. The molecule has 0 saturated carbocycles. The van der Waals surface area contributed by atoms with E-state index in [9.17, 15) is 38.3 Å². The number of aromatic nitrogens is 4. The van der Waals surface area contributed by atoms with Gasteiger partial charge >= 0.3 is 11.7 Å². The maximum atomic E-state index is 15.4. The largest absolute Gasteiger partial charge is 0.481 e. The van der Waals surface area contributed by atoms with Crippen LogP contribution in [0.5, 0.6) is 0 Å². The zero-order valence-electron chi connectivity index (χ0n) is 56.3. The van der Waals surface area contributed by atoms with Crippen LogP contribution in [0.4, 0.5) is 26.0 Å². The number of likely N-dealkylation sites (tertiary alicyclic amines) is 3. The first-order valence-electron chi connectivity index (χ1n) is 34.5. The minimum absolute atomic E-state index is 0.00796. The molecule has 12 rings (SSSR count). The smallest absolute Gasteiger partial charge is 0.327 e. The van der Waals surface area contributed by atoms with E-state index in [1.807, 2.05) is 46.2 Å². The molecule has 0 radical (unpaired) electrons. The van der Waals surface area contributed by atoms with Crippen LogP contribution < -0.4 is 27.0 Å². The molecule has 6 saturated heterocycles. The first-order valence-corrected chi connectivity index (χ1v) is 36.4. The molecule has 5 atom stereocenters. The van der Waals surface area contributed by atoms with E-state index in [1.54, 1.807) is 34.0 Å². The molecule has 3 unspecified atom stereocenters. The van der Waals surface area contributed by atoms with Crippen molar-refractivity contribution in [3.05, 3.63) is 112 Å². The highest BCUT2D eigenvalue weighted by molar-refractivity contribution is 8.01. The van der Waals surface area contributed by atoms with E-state index in [0.717, 1.165) is 101 Å². The molecule has 6 N–H and O–H groups in total. The molecule has 20 nitrogen and oxygen atoms in total. The number of aliphatic carboxylic acids is 1. The minimum Gasteiger partial charge on any atom is -0.481 e. The van der Waals surface area contributed by atoms with Crippen LogP contribution in [-0.4, -0.2) is 181 Å². The number of piperidine rings is 4. The van der Waals surface area contributed by atoms with Crippen molar-refractivity contribution in [1.82, 2.24) is 49.3 Å². The Balaban J connectivity index is 0.000000175. The number of benzene rings is 2. The number of imidazole rings is 1. The number of para-hydroxylation sites is 2. The van der Waals surface area contributed by atoms with Crippen LogP contribution in [0, 0.1) is 28.4 Å². The molecule has 10 heterocycles. The molecule has 3 aromatic heterocycles. The predicted octanol–water partition coefficient (Wildman–Crippen LogP) is 11.1. The molecule has 0 bridgehead atoms. The van der Waals surface area contributed by atoms with Gasteiger partial charge in [-0.1, -0.05) is 84.7 Å². The number of fused-ring (bicyclic) bond motifs is 2. The number of pyridine rings is 2. The highest BCUT2D eigenvalue weighted by atomic mass is 32.2. The fourth-order valence-corrected chi connectivity index (χ4v) is 17.1. The van der Waals surface area contributed by atoms with Crippen LogP contribution in [-0.2, 0) is 24.0 Å². The summed E-state index contributed by atoms with van der Waals surface area (Å²) in [5.74, 6) is -0.577. The van der Waals surface area contributed by atoms with Crippen molar-refractivity contribution >= 4 is 81.5 Å². The van der Waals surface area contributed by atoms with Gasteiger partial charge in [-0.3, -0.25) is 33.5 Å². The fourth-order valence-electron chi connectivity index (χ4n) is 14.1. The molecule has 24 heteroatoms. The molecule has 2 aromatic carbocycles. The van der Waals surface area contributed by atoms with Gasteiger partial charge in [0, 0.05) is 93.9 Å². The van der Waals surface area contributed by atoms with Crippen molar-refractivity contribution in [1.29, 1.82) is 0 Å². The number of hydrogen-bond donors (Lipinski definition) is 6. The maximum Gasteiger partial charge on any atom is 0.327 e. The Bertz CT molecular complexity index is 3500. The summed E-state index contributed by atoms with van der Waals surface area (Å²) in [5, 5.41) is 20.2. The predicted molar refractivity (Wildman–Crippen MR) is 373 cm³/mol. The van der Waals surface area contributed by atoms with E-state index in [-0.39, 0.29) is 82.0 Å². The number of carboxylic acid groups (broad SMARTS) is 1. The summed E-state index contributed by atoms with van der Waals surface area (Å²) in [5.41, 5.74) is 4.61. The molecular formula is C71H99F2N13O7S2. The van der Waals surface area contributed by atoms with Crippen LogP contribution in [0.1, 0.15) is 171 Å². The van der Waals surface area contributed by atoms with Crippen molar-refractivity contribution in [2.24, 2.45) is 16.7 Å². The number of aromatic amines is 1. The summed E-state index contributed by atoms with van der Waals surface area (Å²) in [6.07, 6.45) is 15.6. The van der Waals surface area contributed by atoms with E-state index in [1.165, 1.54) is 74.2 Å². The number of carbonyl (C=O) groups is 5. The number of amides is 4. The van der Waals surface area contributed by atoms with Crippen molar-refractivity contribution in [2.45, 2.75) is 165 Å². The third kappa shape index (κ3) is 18.5. The normalized spacial score (nSPS) is 22.5. The van der Waals surface area contributed by atoms with Crippen LogP contribution in [0.25, 0.3) is 11.2 Å². The lowest BCUT2D eigenvalue weighted by atomic mass is 9.82. The lowest BCUT2D eigenvalue weighted by Gasteiger charge is -2.33. The highest BCUT2D eigenvalue weighted by Gasteiger charge is 2.46. The van der Waals surface area contributed by atoms with E-state index < -0.39 is 21.8 Å². The quantitative estimate of drug-likeness (QED) is 0.0425. The van der Waals surface area contributed by atoms with Gasteiger partial charge in [0.05, 0.1) is 39.7 Å². The van der Waals surface area contributed by atoms with Gasteiger partial charge < -0.3 is 50.9 Å². The Kier molecular flexibility index (Phi) is 24.4. The average molecular weight is 1350 g/mol. The number of carboxylic acids is 1. The molecule has 5 aromatic rings. The van der Waals surface area contributed by atoms with Crippen LogP contribution in [0.15, 0.2) is 77.9 Å². The van der Waals surface area contributed by atoms with Gasteiger partial charge in [-0.2, -0.15) is 0 Å². The molecule has 4 amide bonds. The van der Waals surface area contributed by atoms with Gasteiger partial charge in [0.25, 0.3) is 0 Å². The van der Waals surface area contributed by atoms with Crippen molar-refractivity contribution in [3.8, 4) is 0 Å². The zero-order valence-corrected chi connectivity index (χ0v) is 57.9. The number of halogens is 2. The molecule has 6 fully saturated rings. The summed E-state index contributed by atoms with van der Waals surface area (Å²) < 4.78 is 32.0. The number of carbonyl (C=O) groups excluding carboxylic acids is 4. The average Bonchev–Trinajstić information content (AvgIpc) is 1.71. The van der Waals surface area contributed by atoms with E-state index in [4.69, 9.17) is 0 Å². The maximum absolute atomic E-state index is 15.4. The lowest BCUT2D eigenvalue weighted by Crippen LogP contribution is -2.42. The first kappa shape index (κ1) is 71.2. The summed E-state index contributed by atoms with van der Waals surface area (Å²) >= 11 is 2.79. The summed E-state index contributed by atoms with van der Waals surface area (Å²) in [6, 6.07) is 17.7. The SMILES string of the molecule is CC(C)(C)CCN1C(=O)[C@H](CC(=O)N2CCC(n3c(=O)[nH]c4ncccc43)CC2)SC1c1cccc(F)c1NCCN1CCCCC1.CC(C)(C)CCN1C(=O)[C@H](CC(=O)O)SC1c1cccc(F)c1NCCN1CCCCC1.O=C1Nc2ncccc2C1C1CCNCC1. The Labute approximate surface area is 566 Å². The van der Waals surface area contributed by atoms with Gasteiger partial charge in [0.15, 0.2) is 5.65 Å². The topological polar surface area (TPSA) is 233 Å². The van der Waals surface area contributed by atoms with E-state index in [0.29, 0.717) is 80.6 Å². The summed E-state index contributed by atoms with van der Waals surface area (Å²) in [6.45, 7) is 24.1. The van der Waals surface area contributed by atoms with Crippen LogP contribution >= 0.6 is 23.5 Å². The van der Waals surface area contributed by atoms with Gasteiger partial charge in [-0.15, -0.1) is 23.5 Å². The Morgan fingerprint density at radius 3 is 1.65 bits per heavy atom. The highest BCUT2D eigenvalue weighted by Crippen LogP contribution is 2.50. The molecule has 95 heavy (non-hydrogen) atoms. The fraction of sp³-hybridized carbons (Fsp3) is 0.606. The van der Waals surface area contributed by atoms with Crippen LogP contribution in [0.2, 0.25) is 0 Å². The Hall–Kier alpha value is -6.60. The van der Waals surface area contributed by atoms with Crippen LogP contribution in [0.3, 0.4) is 0 Å². The Morgan fingerprint density at radius 2 is 1.13 bits per heavy atom. The van der Waals surface area contributed by atoms with E-state index >= 15 is 4.39 Å². The number of H-pyrrole nitrogens is 1. The number of hydrogen-bond acceptors (Lipinski definition) is 15. The molecule has 0 spiro atoms. The number of rotatable bonds is 20. The van der Waals surface area contributed by atoms with E-state index in [2.05, 4.69) is 87.6 Å². The standard InChI is InChI=1S/C35H48FN7O3S.C24H36FN3O3S.C12H15N3O/c1-35(2,3)14-21-42-32(45)28(47-33(42)25-9-7-10-26(36)30(25)37-16-22-40-17-5-4-6-18-40)23-29(44)41-19-12-24(13-20-41)43-27-11-8-15-38-31(27)39-34(43)46;1-24(2,3)10-14-28-22(31)19(16-20(29)30)32-23(28)17-8-7-9-18(25)21(17)26-11-15-27-12-5-4-6-13-27;16-12-10(8-3-6-13-7-4-8)9-2-1-5-14-11(9)15-12/h7-11,15,24,28,33,37H,4-6,12-14,16-23H2,1-3H3,(H,38,39,46);7-9,19,23,26H,4-6,10-16H2,1-3H3,(H,29,30);1-2,5,8,10,13H,3-4,6-7H2,(H,14,15,16)/t28-,33?;19-,23?;/m00./s1. The Morgan fingerprint density at radius 1 is 0.621 bits per heavy atom. The molecule has 516 valence electrons. The number of nitrogens with zero attached hydrogens (tertiary/aromatic N) is 8. The summed E-state index contributed by atoms with van der Waals surface area (Å²) in [7, 11) is 0. The lowest BCUT2D eigenvalue weighted by molar-refractivity contribution is -0.140. The monoisotopic (exact) mass is 1350 g/mol. The molecular weight excluding hydrogens is 1250 g/mol. The van der Waals surface area contributed by atoms with Crippen molar-refractivity contribution in [3.63, 3.8) is 0 Å². The van der Waals surface area contributed by atoms with Crippen molar-refractivity contribution in [2.75, 3.05) is 108 Å². The number of nitrogens with one attached hydrogen (secondary N) is 5. The minimum atomic E-state index is -0.994. The zero-order chi connectivity index (χ0) is 67.4. The second kappa shape index (κ2) is 32.6. The van der Waals surface area contributed by atoms with Gasteiger partial charge in [0.2, 0.25) is 23.6 Å². The van der Waals surface area contributed by atoms with Crippen molar-refractivity contribution < 1.29 is 37.9 Å². The van der Waals surface area contributed by atoms with Gasteiger partial charge in [-0.05, 0) is 151 Å². The third-order valence-electron chi connectivity index (χ3n) is 19.4. The van der Waals surface area contributed by atoms with Gasteiger partial charge in [0.1, 0.15) is 28.2 Å². The third-order valence-corrected chi connectivity index (χ3v) is 22.3.